The highest BCUT2D eigenvalue weighted by atomic mass is 16.6. The molecule has 2 aliphatic heterocycles. The van der Waals surface area contributed by atoms with Crippen LogP contribution in [0.15, 0.2) is 54.6 Å². The minimum Gasteiger partial charge on any atom is -0.486 e. The van der Waals surface area contributed by atoms with Crippen molar-refractivity contribution in [2.45, 2.75) is 50.7 Å². The summed E-state index contributed by atoms with van der Waals surface area (Å²) in [7, 11) is 0. The van der Waals surface area contributed by atoms with Gasteiger partial charge in [0.2, 0.25) is 0 Å². The molecule has 2 aromatic carbocycles. The van der Waals surface area contributed by atoms with Crippen LogP contribution in [0.5, 0.6) is 5.75 Å². The molecule has 4 unspecified atom stereocenters. The Bertz CT molecular complexity index is 785. The Morgan fingerprint density at radius 3 is 2.58 bits per heavy atom. The second-order valence-electron chi connectivity index (χ2n) is 7.66. The fraction of sp³-hybridized carbons (Fsp3) is 0.435. The van der Waals surface area contributed by atoms with Crippen LogP contribution in [-0.4, -0.2) is 24.1 Å². The minimum atomic E-state index is -0.525. The summed E-state index contributed by atoms with van der Waals surface area (Å²) in [5, 5.41) is 0. The van der Waals surface area contributed by atoms with Crippen LogP contribution in [0.25, 0.3) is 0 Å². The molecule has 2 heterocycles. The molecule has 136 valence electrons. The highest BCUT2D eigenvalue weighted by Crippen LogP contribution is 2.52. The van der Waals surface area contributed by atoms with Gasteiger partial charge in [0.15, 0.2) is 0 Å². The van der Waals surface area contributed by atoms with E-state index >= 15 is 0 Å². The molecule has 2 aromatic rings. The van der Waals surface area contributed by atoms with Crippen molar-refractivity contribution < 1.29 is 14.3 Å². The van der Waals surface area contributed by atoms with E-state index in [2.05, 4.69) is 43.3 Å². The molecular formula is C23H26O3. The first kappa shape index (κ1) is 17.3. The highest BCUT2D eigenvalue weighted by molar-refractivity contribution is 5.77. The molecule has 4 rings (SSSR count). The van der Waals surface area contributed by atoms with E-state index in [0.29, 0.717) is 18.9 Å². The molecule has 0 aliphatic carbocycles. The summed E-state index contributed by atoms with van der Waals surface area (Å²) in [6, 6.07) is 18.9. The lowest BCUT2D eigenvalue weighted by Gasteiger charge is -2.47. The lowest BCUT2D eigenvalue weighted by Crippen LogP contribution is -2.56. The second-order valence-corrected chi connectivity index (χ2v) is 7.66. The Kier molecular flexibility index (Phi) is 4.58. The predicted molar refractivity (Wildman–Crippen MR) is 102 cm³/mol. The zero-order chi connectivity index (χ0) is 18.1. The number of hydrogen-bond donors (Lipinski definition) is 0. The monoisotopic (exact) mass is 350 g/mol. The highest BCUT2D eigenvalue weighted by Gasteiger charge is 2.55. The number of Topliss-reactive ketones (excluding diaryl/α,β-unsaturated/α-hetero) is 1. The van der Waals surface area contributed by atoms with Gasteiger partial charge >= 0.3 is 0 Å². The third-order valence-corrected chi connectivity index (χ3v) is 5.96. The second kappa shape index (κ2) is 6.88. The van der Waals surface area contributed by atoms with E-state index in [4.69, 9.17) is 9.47 Å². The van der Waals surface area contributed by atoms with Crippen molar-refractivity contribution in [1.29, 1.82) is 0 Å². The number of rotatable bonds is 5. The van der Waals surface area contributed by atoms with E-state index in [1.807, 2.05) is 18.2 Å². The molecule has 26 heavy (non-hydrogen) atoms. The Hall–Kier alpha value is -2.13. The van der Waals surface area contributed by atoms with Gasteiger partial charge in [-0.15, -0.1) is 0 Å². The number of hydrogen-bond acceptors (Lipinski definition) is 3. The van der Waals surface area contributed by atoms with Gasteiger partial charge in [-0.25, -0.2) is 0 Å². The molecule has 0 amide bonds. The Morgan fingerprint density at radius 1 is 1.12 bits per heavy atom. The summed E-state index contributed by atoms with van der Waals surface area (Å²) in [4.78, 5) is 12.0. The van der Waals surface area contributed by atoms with Gasteiger partial charge in [-0.2, -0.15) is 0 Å². The van der Waals surface area contributed by atoms with Crippen LogP contribution in [-0.2, 0) is 16.0 Å². The third-order valence-electron chi connectivity index (χ3n) is 5.96. The number of fused-ring (bicyclic) bond motifs is 3. The van der Waals surface area contributed by atoms with Gasteiger partial charge in [0.25, 0.3) is 0 Å². The number of benzene rings is 2. The Morgan fingerprint density at radius 2 is 1.85 bits per heavy atom. The van der Waals surface area contributed by atoms with Crippen molar-refractivity contribution >= 4 is 5.78 Å². The molecule has 0 saturated carbocycles. The molecule has 1 fully saturated rings. The standard InChI is InChI=1S/C23H26O3/c1-3-23(14-16(2)24)22-21(19-11-7-8-12-20(19)26-22)18(15-25-23)13-17-9-5-4-6-10-17/h4-12,18,21-22H,3,13-15H2,1-2H3. The predicted octanol–water partition coefficient (Wildman–Crippen LogP) is 4.55. The van der Waals surface area contributed by atoms with Gasteiger partial charge in [0.1, 0.15) is 23.2 Å². The quantitative estimate of drug-likeness (QED) is 0.794. The molecule has 0 aromatic heterocycles. The van der Waals surface area contributed by atoms with Gasteiger partial charge < -0.3 is 9.47 Å². The summed E-state index contributed by atoms with van der Waals surface area (Å²) in [6.07, 6.45) is 2.05. The minimum absolute atomic E-state index is 0.101. The van der Waals surface area contributed by atoms with Crippen LogP contribution in [0.1, 0.15) is 43.7 Å². The molecule has 1 saturated heterocycles. The van der Waals surface area contributed by atoms with Gasteiger partial charge in [-0.3, -0.25) is 4.79 Å². The summed E-state index contributed by atoms with van der Waals surface area (Å²) < 4.78 is 12.8. The van der Waals surface area contributed by atoms with Gasteiger partial charge in [-0.1, -0.05) is 55.5 Å². The molecule has 4 atom stereocenters. The van der Waals surface area contributed by atoms with Crippen LogP contribution in [0.4, 0.5) is 0 Å². The van der Waals surface area contributed by atoms with Crippen molar-refractivity contribution in [2.75, 3.05) is 6.61 Å². The topological polar surface area (TPSA) is 35.5 Å². The maximum absolute atomic E-state index is 12.0. The van der Waals surface area contributed by atoms with Crippen LogP contribution in [0.3, 0.4) is 0 Å². The zero-order valence-electron chi connectivity index (χ0n) is 15.5. The fourth-order valence-electron chi connectivity index (χ4n) is 4.73. The summed E-state index contributed by atoms with van der Waals surface area (Å²) in [5.74, 6) is 1.72. The van der Waals surface area contributed by atoms with Crippen molar-refractivity contribution in [2.24, 2.45) is 5.92 Å². The van der Waals surface area contributed by atoms with Crippen molar-refractivity contribution in [3.8, 4) is 5.75 Å². The van der Waals surface area contributed by atoms with Crippen LogP contribution < -0.4 is 4.74 Å². The molecule has 0 N–H and O–H groups in total. The average Bonchev–Trinajstić information content (AvgIpc) is 3.05. The molecule has 3 nitrogen and oxygen atoms in total. The first-order chi connectivity index (χ1) is 12.6. The first-order valence-electron chi connectivity index (χ1n) is 9.56. The van der Waals surface area contributed by atoms with Crippen LogP contribution in [0.2, 0.25) is 0 Å². The van der Waals surface area contributed by atoms with Gasteiger partial charge in [-0.05, 0) is 37.3 Å². The summed E-state index contributed by atoms with van der Waals surface area (Å²) >= 11 is 0. The van der Waals surface area contributed by atoms with Gasteiger partial charge in [0, 0.05) is 17.9 Å². The van der Waals surface area contributed by atoms with Crippen LogP contribution >= 0.6 is 0 Å². The van der Waals surface area contributed by atoms with E-state index in [0.717, 1.165) is 18.6 Å². The average molecular weight is 350 g/mol. The molecule has 2 aliphatic rings. The van der Waals surface area contributed by atoms with E-state index < -0.39 is 5.60 Å². The van der Waals surface area contributed by atoms with E-state index in [1.54, 1.807) is 6.92 Å². The van der Waals surface area contributed by atoms with Crippen molar-refractivity contribution in [3.05, 3.63) is 65.7 Å². The van der Waals surface area contributed by atoms with E-state index in [-0.39, 0.29) is 17.8 Å². The molecule has 0 spiro atoms. The number of ether oxygens (including phenoxy) is 2. The first-order valence-corrected chi connectivity index (χ1v) is 9.56. The molecular weight excluding hydrogens is 324 g/mol. The Labute approximate surface area is 155 Å². The number of carbonyl (C=O) groups excluding carboxylic acids is 1. The van der Waals surface area contributed by atoms with Crippen molar-refractivity contribution in [3.63, 3.8) is 0 Å². The number of ketones is 1. The maximum Gasteiger partial charge on any atom is 0.135 e. The van der Waals surface area contributed by atoms with Gasteiger partial charge in [0.05, 0.1) is 6.61 Å². The fourth-order valence-corrected chi connectivity index (χ4v) is 4.73. The smallest absolute Gasteiger partial charge is 0.135 e. The number of para-hydroxylation sites is 1. The third kappa shape index (κ3) is 2.95. The molecule has 0 bridgehead atoms. The lowest BCUT2D eigenvalue weighted by atomic mass is 9.70. The zero-order valence-corrected chi connectivity index (χ0v) is 15.5. The lowest BCUT2D eigenvalue weighted by molar-refractivity contribution is -0.174. The van der Waals surface area contributed by atoms with E-state index in [1.165, 1.54) is 11.1 Å². The largest absolute Gasteiger partial charge is 0.486 e. The van der Waals surface area contributed by atoms with Crippen LogP contribution in [0, 0.1) is 5.92 Å². The SMILES string of the molecule is CCC1(CC(C)=O)OCC(Cc2ccccc2)C2c3ccccc3OC21. The maximum atomic E-state index is 12.0. The Balaban J connectivity index is 1.71. The summed E-state index contributed by atoms with van der Waals surface area (Å²) in [5.41, 5.74) is 2.06. The molecule has 3 heteroatoms. The number of carbonyl (C=O) groups is 1. The normalized spacial score (nSPS) is 29.5. The van der Waals surface area contributed by atoms with E-state index in [9.17, 15) is 4.79 Å². The van der Waals surface area contributed by atoms with Crippen molar-refractivity contribution in [1.82, 2.24) is 0 Å². The molecule has 0 radical (unpaired) electrons. The summed E-state index contributed by atoms with van der Waals surface area (Å²) in [6.45, 7) is 4.41.